The van der Waals surface area contributed by atoms with Gasteiger partial charge in [0.2, 0.25) is 0 Å². The second-order valence-electron chi connectivity index (χ2n) is 2.95. The molecule has 0 radical (unpaired) electrons. The van der Waals surface area contributed by atoms with Crippen molar-refractivity contribution in [2.24, 2.45) is 0 Å². The maximum absolute atomic E-state index is 10.4. The number of carbonyl (C=O) groups is 1. The van der Waals surface area contributed by atoms with Gasteiger partial charge >= 0.3 is 0 Å². The van der Waals surface area contributed by atoms with Gasteiger partial charge in [0, 0.05) is 6.92 Å². The van der Waals surface area contributed by atoms with Gasteiger partial charge in [-0.1, -0.05) is 0 Å². The van der Waals surface area contributed by atoms with E-state index in [1.165, 1.54) is 0 Å². The van der Waals surface area contributed by atoms with E-state index in [0.29, 0.717) is 13.0 Å². The summed E-state index contributed by atoms with van der Waals surface area (Å²) in [4.78, 5) is 10.4. The van der Waals surface area contributed by atoms with Crippen LogP contribution in [0.3, 0.4) is 0 Å². The van der Waals surface area contributed by atoms with Crippen molar-refractivity contribution in [3.8, 4) is 6.07 Å². The summed E-state index contributed by atoms with van der Waals surface area (Å²) in [6.45, 7) is 2.24. The van der Waals surface area contributed by atoms with Crippen LogP contribution in [0.25, 0.3) is 0 Å². The highest BCUT2D eigenvalue weighted by molar-refractivity contribution is 5.62. The van der Waals surface area contributed by atoms with E-state index in [1.807, 2.05) is 10.6 Å². The minimum absolute atomic E-state index is 0.147. The quantitative estimate of drug-likeness (QED) is 0.561. The summed E-state index contributed by atoms with van der Waals surface area (Å²) in [6.07, 6.45) is 3.85. The highest BCUT2D eigenvalue weighted by Crippen LogP contribution is 1.95. The predicted molar refractivity (Wildman–Crippen MR) is 44.6 cm³/mol. The Morgan fingerprint density at radius 3 is 3.07 bits per heavy atom. The molecule has 0 amide bonds. The van der Waals surface area contributed by atoms with Crippen molar-refractivity contribution in [2.45, 2.75) is 26.4 Å². The normalized spacial score (nSPS) is 9.71. The first-order chi connectivity index (χ1) is 6.65. The van der Waals surface area contributed by atoms with Crippen molar-refractivity contribution in [1.82, 2.24) is 4.57 Å². The Labute approximate surface area is 81.8 Å². The summed E-state index contributed by atoms with van der Waals surface area (Å²) in [6, 6.07) is 2.03. The summed E-state index contributed by atoms with van der Waals surface area (Å²) in [5.74, 6) is -0.305. The molecule has 0 fully saturated rings. The number of rotatable bonds is 4. The van der Waals surface area contributed by atoms with E-state index in [-0.39, 0.29) is 6.54 Å². The molecule has 0 N–H and O–H groups in total. The molecule has 74 valence electrons. The van der Waals surface area contributed by atoms with E-state index in [0.717, 1.165) is 5.82 Å². The van der Waals surface area contributed by atoms with E-state index in [2.05, 4.69) is 0 Å². The van der Waals surface area contributed by atoms with Gasteiger partial charge in [-0.2, -0.15) is 5.26 Å². The first kappa shape index (κ1) is 10.3. The standard InChI is InChI=1S/C9H11N3O2/c1-8-11(4-2-3-10)5-6-12(8)7-9(13)14/h5-6H,2,4,7H2,1H3. The van der Waals surface area contributed by atoms with Crippen LogP contribution in [0.2, 0.25) is 0 Å². The Bertz CT molecular complexity index is 376. The number of hydrogen-bond acceptors (Lipinski definition) is 3. The third-order valence-corrected chi connectivity index (χ3v) is 2.02. The number of aliphatic carboxylic acids is 1. The molecule has 5 heteroatoms. The lowest BCUT2D eigenvalue weighted by molar-refractivity contribution is -0.696. The smallest absolute Gasteiger partial charge is 0.253 e. The maximum atomic E-state index is 10.4. The highest BCUT2D eigenvalue weighted by Gasteiger charge is 2.11. The third kappa shape index (κ3) is 2.33. The van der Waals surface area contributed by atoms with Gasteiger partial charge in [-0.25, -0.2) is 9.13 Å². The van der Waals surface area contributed by atoms with Gasteiger partial charge in [-0.05, 0) is 0 Å². The second-order valence-corrected chi connectivity index (χ2v) is 2.95. The number of imidazole rings is 1. The molecule has 0 aliphatic heterocycles. The first-order valence-electron chi connectivity index (χ1n) is 4.27. The largest absolute Gasteiger partial charge is 0.546 e. The van der Waals surface area contributed by atoms with Gasteiger partial charge in [0.05, 0.1) is 18.5 Å². The lowest BCUT2D eigenvalue weighted by Gasteiger charge is -2.00. The molecule has 0 saturated carbocycles. The molecule has 1 heterocycles. The summed E-state index contributed by atoms with van der Waals surface area (Å²) in [5, 5.41) is 18.7. The van der Waals surface area contributed by atoms with Gasteiger partial charge in [-0.3, -0.25) is 0 Å². The van der Waals surface area contributed by atoms with Gasteiger partial charge in [-0.15, -0.1) is 0 Å². The molecule has 14 heavy (non-hydrogen) atoms. The Morgan fingerprint density at radius 1 is 1.79 bits per heavy atom. The zero-order chi connectivity index (χ0) is 10.6. The average molecular weight is 193 g/mol. The summed E-state index contributed by atoms with van der Waals surface area (Å²) in [7, 11) is 0. The molecule has 0 spiro atoms. The molecule has 0 bridgehead atoms. The molecule has 1 aromatic heterocycles. The number of hydrogen-bond donors (Lipinski definition) is 0. The molecular formula is C9H11N3O2. The third-order valence-electron chi connectivity index (χ3n) is 2.02. The predicted octanol–water partition coefficient (Wildman–Crippen LogP) is -1.25. The molecule has 1 aromatic rings. The summed E-state index contributed by atoms with van der Waals surface area (Å²) >= 11 is 0. The van der Waals surface area contributed by atoms with Crippen LogP contribution in [0, 0.1) is 18.3 Å². The van der Waals surface area contributed by atoms with Gasteiger partial charge < -0.3 is 9.90 Å². The Kier molecular flexibility index (Phi) is 3.24. The minimum atomic E-state index is -1.11. The zero-order valence-electron chi connectivity index (χ0n) is 7.93. The number of aromatic nitrogens is 2. The number of nitriles is 1. The lowest BCUT2D eigenvalue weighted by atomic mass is 10.4. The number of carboxylic acid groups (broad SMARTS) is 1. The molecule has 0 aliphatic rings. The first-order valence-corrected chi connectivity index (χ1v) is 4.27. The Hall–Kier alpha value is -1.83. The van der Waals surface area contributed by atoms with Crippen molar-refractivity contribution >= 4 is 5.97 Å². The van der Waals surface area contributed by atoms with Crippen molar-refractivity contribution < 1.29 is 14.5 Å². The van der Waals surface area contributed by atoms with Crippen molar-refractivity contribution in [3.63, 3.8) is 0 Å². The van der Waals surface area contributed by atoms with Crippen LogP contribution >= 0.6 is 0 Å². The topological polar surface area (TPSA) is 72.7 Å². The maximum Gasteiger partial charge on any atom is 0.253 e. The number of nitrogens with zero attached hydrogens (tertiary/aromatic N) is 3. The fourth-order valence-electron chi connectivity index (χ4n) is 1.25. The number of carboxylic acids is 1. The molecule has 5 nitrogen and oxygen atoms in total. The molecule has 0 aromatic carbocycles. The van der Waals surface area contributed by atoms with Crippen LogP contribution in [-0.4, -0.2) is 10.5 Å². The zero-order valence-corrected chi connectivity index (χ0v) is 7.93. The van der Waals surface area contributed by atoms with Crippen LogP contribution in [0.4, 0.5) is 0 Å². The van der Waals surface area contributed by atoms with Gasteiger partial charge in [0.1, 0.15) is 25.5 Å². The van der Waals surface area contributed by atoms with Gasteiger partial charge in [0.25, 0.3) is 5.82 Å². The van der Waals surface area contributed by atoms with E-state index in [1.54, 1.807) is 23.9 Å². The Balaban J connectivity index is 2.75. The fraction of sp³-hybridized carbons (Fsp3) is 0.444. The van der Waals surface area contributed by atoms with Crippen LogP contribution in [-0.2, 0) is 17.9 Å². The fourth-order valence-corrected chi connectivity index (χ4v) is 1.25. The molecular weight excluding hydrogens is 182 g/mol. The monoisotopic (exact) mass is 193 g/mol. The summed E-state index contributed by atoms with van der Waals surface area (Å²) in [5.41, 5.74) is 0. The van der Waals surface area contributed by atoms with Crippen molar-refractivity contribution in [3.05, 3.63) is 18.2 Å². The van der Waals surface area contributed by atoms with Crippen LogP contribution in [0.5, 0.6) is 0 Å². The van der Waals surface area contributed by atoms with Crippen molar-refractivity contribution in [2.75, 3.05) is 0 Å². The highest BCUT2D eigenvalue weighted by atomic mass is 16.4. The molecule has 0 unspecified atom stereocenters. The Morgan fingerprint density at radius 2 is 2.50 bits per heavy atom. The van der Waals surface area contributed by atoms with Gasteiger partial charge in [0.15, 0.2) is 0 Å². The van der Waals surface area contributed by atoms with E-state index < -0.39 is 5.97 Å². The second kappa shape index (κ2) is 4.42. The van der Waals surface area contributed by atoms with E-state index in [4.69, 9.17) is 5.26 Å². The summed E-state index contributed by atoms with van der Waals surface area (Å²) < 4.78 is 3.42. The van der Waals surface area contributed by atoms with Crippen LogP contribution in [0.15, 0.2) is 12.4 Å². The minimum Gasteiger partial charge on any atom is -0.546 e. The molecule has 0 aliphatic carbocycles. The number of aryl methyl sites for hydroxylation is 1. The number of carbonyl (C=O) groups excluding carboxylic acids is 1. The van der Waals surface area contributed by atoms with Crippen molar-refractivity contribution in [1.29, 1.82) is 5.26 Å². The lowest BCUT2D eigenvalue weighted by Crippen LogP contribution is -2.44. The van der Waals surface area contributed by atoms with E-state index in [9.17, 15) is 9.90 Å². The van der Waals surface area contributed by atoms with Crippen LogP contribution in [0.1, 0.15) is 12.2 Å². The average Bonchev–Trinajstić information content (AvgIpc) is 2.45. The molecule has 0 saturated heterocycles. The molecule has 1 rings (SSSR count). The molecule has 0 atom stereocenters. The van der Waals surface area contributed by atoms with E-state index >= 15 is 0 Å². The van der Waals surface area contributed by atoms with Crippen LogP contribution < -0.4 is 9.67 Å². The SMILES string of the molecule is Cc1n(CCC#N)cc[n+]1CC(=O)[O-].